The van der Waals surface area contributed by atoms with Crippen LogP contribution in [0.5, 0.6) is 5.75 Å². The Morgan fingerprint density at radius 3 is 2.82 bits per heavy atom. The van der Waals surface area contributed by atoms with E-state index in [2.05, 4.69) is 5.32 Å². The Kier molecular flexibility index (Phi) is 4.31. The maximum atomic E-state index is 11.6. The molecule has 2 rings (SSSR count). The molecule has 0 heterocycles. The van der Waals surface area contributed by atoms with E-state index in [9.17, 15) is 9.90 Å². The highest BCUT2D eigenvalue weighted by molar-refractivity contribution is 8.00. The fourth-order valence-electron chi connectivity index (χ4n) is 1.73. The Balaban J connectivity index is 1.70. The number of thioether (sulfide) groups is 1. The number of nitrogens with one attached hydrogen (secondary N) is 1. The third-order valence-corrected chi connectivity index (χ3v) is 4.10. The molecule has 1 saturated carbocycles. The average molecular weight is 251 g/mol. The molecule has 1 aliphatic rings. The van der Waals surface area contributed by atoms with E-state index >= 15 is 0 Å². The number of aromatic hydroxyl groups is 1. The van der Waals surface area contributed by atoms with Gasteiger partial charge in [-0.05, 0) is 30.9 Å². The van der Waals surface area contributed by atoms with Crippen molar-refractivity contribution in [2.24, 2.45) is 5.92 Å². The molecule has 17 heavy (non-hydrogen) atoms. The van der Waals surface area contributed by atoms with Crippen LogP contribution < -0.4 is 5.32 Å². The van der Waals surface area contributed by atoms with E-state index in [4.69, 9.17) is 0 Å². The van der Waals surface area contributed by atoms with Crippen LogP contribution in [0.2, 0.25) is 0 Å². The van der Waals surface area contributed by atoms with Gasteiger partial charge in [0.25, 0.3) is 0 Å². The normalized spacial score (nSPS) is 15.3. The summed E-state index contributed by atoms with van der Waals surface area (Å²) in [4.78, 5) is 12.3. The molecule has 2 N–H and O–H groups in total. The molecule has 0 unspecified atom stereocenters. The Morgan fingerprint density at radius 2 is 2.18 bits per heavy atom. The molecule has 1 aliphatic carbocycles. The van der Waals surface area contributed by atoms with Crippen LogP contribution in [0.1, 0.15) is 19.3 Å². The molecule has 1 aromatic rings. The smallest absolute Gasteiger partial charge is 0.230 e. The van der Waals surface area contributed by atoms with Gasteiger partial charge in [-0.3, -0.25) is 4.79 Å². The molecule has 0 atom stereocenters. The van der Waals surface area contributed by atoms with Crippen LogP contribution >= 0.6 is 11.8 Å². The quantitative estimate of drug-likeness (QED) is 0.790. The molecule has 92 valence electrons. The van der Waals surface area contributed by atoms with Crippen molar-refractivity contribution < 1.29 is 9.90 Å². The predicted molar refractivity (Wildman–Crippen MR) is 69.2 cm³/mol. The van der Waals surface area contributed by atoms with Gasteiger partial charge < -0.3 is 10.4 Å². The van der Waals surface area contributed by atoms with E-state index in [1.54, 1.807) is 12.1 Å². The van der Waals surface area contributed by atoms with Gasteiger partial charge in [0.05, 0.1) is 5.75 Å². The first kappa shape index (κ1) is 12.3. The highest BCUT2D eigenvalue weighted by atomic mass is 32.2. The van der Waals surface area contributed by atoms with Gasteiger partial charge in [-0.15, -0.1) is 11.8 Å². The Morgan fingerprint density at radius 1 is 1.41 bits per heavy atom. The van der Waals surface area contributed by atoms with Crippen LogP contribution in [0.4, 0.5) is 0 Å². The van der Waals surface area contributed by atoms with Crippen LogP contribution in [-0.4, -0.2) is 23.3 Å². The van der Waals surface area contributed by atoms with Gasteiger partial charge in [-0.1, -0.05) is 18.6 Å². The second kappa shape index (κ2) is 5.96. The number of para-hydroxylation sites is 1. The minimum atomic E-state index is 0.0464. The molecular formula is C13H17NO2S. The minimum Gasteiger partial charge on any atom is -0.507 e. The number of phenols is 1. The van der Waals surface area contributed by atoms with Crippen molar-refractivity contribution in [3.63, 3.8) is 0 Å². The number of hydrogen-bond donors (Lipinski definition) is 2. The summed E-state index contributed by atoms with van der Waals surface area (Å²) in [5, 5.41) is 12.5. The van der Waals surface area contributed by atoms with Gasteiger partial charge in [0.15, 0.2) is 0 Å². The molecule has 1 fully saturated rings. The standard InChI is InChI=1S/C13H17NO2S/c15-11-6-1-2-7-12(11)17-9-13(16)14-8-10-4-3-5-10/h1-2,6-7,10,15H,3-5,8-9H2,(H,14,16). The maximum Gasteiger partial charge on any atom is 0.230 e. The van der Waals surface area contributed by atoms with Crippen molar-refractivity contribution in [1.29, 1.82) is 0 Å². The molecule has 1 aromatic carbocycles. The fourth-order valence-corrected chi connectivity index (χ4v) is 2.51. The first-order valence-corrected chi connectivity index (χ1v) is 6.92. The zero-order chi connectivity index (χ0) is 12.1. The molecule has 0 bridgehead atoms. The topological polar surface area (TPSA) is 49.3 Å². The van der Waals surface area contributed by atoms with Crippen molar-refractivity contribution in [1.82, 2.24) is 5.32 Å². The number of hydrogen-bond acceptors (Lipinski definition) is 3. The lowest BCUT2D eigenvalue weighted by Gasteiger charge is -2.25. The lowest BCUT2D eigenvalue weighted by atomic mass is 9.85. The van der Waals surface area contributed by atoms with Crippen LogP contribution in [0.25, 0.3) is 0 Å². The van der Waals surface area contributed by atoms with Crippen LogP contribution in [-0.2, 0) is 4.79 Å². The number of carbonyl (C=O) groups is 1. The van der Waals surface area contributed by atoms with E-state index < -0.39 is 0 Å². The average Bonchev–Trinajstić information content (AvgIpc) is 2.26. The molecular weight excluding hydrogens is 234 g/mol. The SMILES string of the molecule is O=C(CSc1ccccc1O)NCC1CCC1. The molecule has 0 radical (unpaired) electrons. The van der Waals surface area contributed by atoms with Crippen LogP contribution in [0, 0.1) is 5.92 Å². The first-order valence-electron chi connectivity index (χ1n) is 5.93. The van der Waals surface area contributed by atoms with Crippen molar-refractivity contribution in [3.8, 4) is 5.75 Å². The third kappa shape index (κ3) is 3.66. The summed E-state index contributed by atoms with van der Waals surface area (Å²) in [5.74, 6) is 1.34. The van der Waals surface area contributed by atoms with E-state index in [-0.39, 0.29) is 11.7 Å². The largest absolute Gasteiger partial charge is 0.507 e. The number of amides is 1. The summed E-state index contributed by atoms with van der Waals surface area (Å²) in [6.07, 6.45) is 3.78. The van der Waals surface area contributed by atoms with Gasteiger partial charge in [-0.25, -0.2) is 0 Å². The maximum absolute atomic E-state index is 11.6. The second-order valence-corrected chi connectivity index (χ2v) is 5.37. The van der Waals surface area contributed by atoms with Gasteiger partial charge in [0.2, 0.25) is 5.91 Å². The molecule has 0 saturated heterocycles. The Hall–Kier alpha value is -1.16. The van der Waals surface area contributed by atoms with Gasteiger partial charge in [0, 0.05) is 11.4 Å². The lowest BCUT2D eigenvalue weighted by Crippen LogP contribution is -2.33. The summed E-state index contributed by atoms with van der Waals surface area (Å²) >= 11 is 1.37. The summed E-state index contributed by atoms with van der Waals surface area (Å²) in [7, 11) is 0. The monoisotopic (exact) mass is 251 g/mol. The summed E-state index contributed by atoms with van der Waals surface area (Å²) in [6.45, 7) is 0.806. The van der Waals surface area contributed by atoms with Crippen LogP contribution in [0.3, 0.4) is 0 Å². The van der Waals surface area contributed by atoms with Gasteiger partial charge in [-0.2, -0.15) is 0 Å². The lowest BCUT2D eigenvalue weighted by molar-refractivity contribution is -0.118. The van der Waals surface area contributed by atoms with E-state index in [0.29, 0.717) is 11.7 Å². The predicted octanol–water partition coefficient (Wildman–Crippen LogP) is 2.40. The van der Waals surface area contributed by atoms with Crippen molar-refractivity contribution in [3.05, 3.63) is 24.3 Å². The highest BCUT2D eigenvalue weighted by Crippen LogP contribution is 2.27. The van der Waals surface area contributed by atoms with Crippen LogP contribution in [0.15, 0.2) is 29.2 Å². The zero-order valence-electron chi connectivity index (χ0n) is 9.69. The number of rotatable bonds is 5. The Labute approximate surface area is 106 Å². The molecule has 0 aliphatic heterocycles. The molecule has 0 spiro atoms. The van der Waals surface area contributed by atoms with Gasteiger partial charge >= 0.3 is 0 Å². The molecule has 3 nitrogen and oxygen atoms in total. The highest BCUT2D eigenvalue weighted by Gasteiger charge is 2.17. The first-order chi connectivity index (χ1) is 8.25. The molecule has 4 heteroatoms. The molecule has 0 aromatic heterocycles. The van der Waals surface area contributed by atoms with Crippen molar-refractivity contribution >= 4 is 17.7 Å². The Bertz CT molecular complexity index is 391. The van der Waals surface area contributed by atoms with E-state index in [1.165, 1.54) is 31.0 Å². The number of benzene rings is 1. The van der Waals surface area contributed by atoms with E-state index in [1.807, 2.05) is 12.1 Å². The van der Waals surface area contributed by atoms with E-state index in [0.717, 1.165) is 11.4 Å². The zero-order valence-corrected chi connectivity index (χ0v) is 10.5. The molecule has 1 amide bonds. The summed E-state index contributed by atoms with van der Waals surface area (Å²) in [5.41, 5.74) is 0. The van der Waals surface area contributed by atoms with Crippen molar-refractivity contribution in [2.45, 2.75) is 24.2 Å². The summed E-state index contributed by atoms with van der Waals surface area (Å²) in [6, 6.07) is 7.08. The van der Waals surface area contributed by atoms with Crippen molar-refractivity contribution in [2.75, 3.05) is 12.3 Å². The number of phenolic OH excluding ortho intramolecular Hbond substituents is 1. The minimum absolute atomic E-state index is 0.0464. The fraction of sp³-hybridized carbons (Fsp3) is 0.462. The third-order valence-electron chi connectivity index (χ3n) is 3.04. The van der Waals surface area contributed by atoms with Gasteiger partial charge in [0.1, 0.15) is 5.75 Å². The number of carbonyl (C=O) groups excluding carboxylic acids is 1. The summed E-state index contributed by atoms with van der Waals surface area (Å²) < 4.78 is 0. The second-order valence-electron chi connectivity index (χ2n) is 4.36.